The molecule has 0 atom stereocenters. The molecule has 0 amide bonds. The first-order chi connectivity index (χ1) is 8.78. The van der Waals surface area contributed by atoms with Gasteiger partial charge in [0.1, 0.15) is 12.4 Å². The number of benzene rings is 1. The van der Waals surface area contributed by atoms with Crippen molar-refractivity contribution in [2.24, 2.45) is 0 Å². The van der Waals surface area contributed by atoms with Crippen molar-refractivity contribution < 1.29 is 9.13 Å². The Morgan fingerprint density at radius 3 is 2.50 bits per heavy atom. The Labute approximate surface area is 106 Å². The fraction of sp³-hybridized carbons (Fsp3) is 0.267. The molecule has 0 aliphatic carbocycles. The summed E-state index contributed by atoms with van der Waals surface area (Å²) in [5.74, 6) is -0.0223. The largest absolute Gasteiger partial charge is 0.473 e. The molecule has 18 heavy (non-hydrogen) atoms. The first-order valence-corrected chi connectivity index (χ1v) is 6.10. The molecule has 0 saturated carbocycles. The molecule has 0 unspecified atom stereocenters. The van der Waals surface area contributed by atoms with Gasteiger partial charge in [0.05, 0.1) is 0 Å². The van der Waals surface area contributed by atoms with E-state index in [1.54, 1.807) is 0 Å². The summed E-state index contributed by atoms with van der Waals surface area (Å²) in [6.45, 7) is 2.56. The van der Waals surface area contributed by atoms with E-state index in [0.717, 1.165) is 18.4 Å². The van der Waals surface area contributed by atoms with Crippen molar-refractivity contribution in [3.8, 4) is 5.88 Å². The summed E-state index contributed by atoms with van der Waals surface area (Å²) >= 11 is 0. The van der Waals surface area contributed by atoms with Gasteiger partial charge in [0.25, 0.3) is 0 Å². The molecule has 3 heteroatoms. The summed E-state index contributed by atoms with van der Waals surface area (Å²) < 4.78 is 18.3. The van der Waals surface area contributed by atoms with E-state index >= 15 is 0 Å². The second kappa shape index (κ2) is 6.15. The smallest absolute Gasteiger partial charge is 0.216 e. The lowest BCUT2D eigenvalue weighted by atomic mass is 10.1. The zero-order valence-corrected chi connectivity index (χ0v) is 10.4. The fourth-order valence-corrected chi connectivity index (χ4v) is 1.71. The van der Waals surface area contributed by atoms with Gasteiger partial charge < -0.3 is 4.74 Å². The van der Waals surface area contributed by atoms with E-state index in [2.05, 4.69) is 24.0 Å². The number of aryl methyl sites for hydroxylation is 1. The van der Waals surface area contributed by atoms with E-state index in [1.807, 2.05) is 12.1 Å². The van der Waals surface area contributed by atoms with E-state index < -0.39 is 0 Å². The molecule has 2 aromatic rings. The van der Waals surface area contributed by atoms with Crippen molar-refractivity contribution in [3.63, 3.8) is 0 Å². The maximum absolute atomic E-state index is 12.9. The predicted octanol–water partition coefficient (Wildman–Crippen LogP) is 3.75. The van der Waals surface area contributed by atoms with Gasteiger partial charge in [-0.05, 0) is 23.6 Å². The Balaban J connectivity index is 1.93. The van der Waals surface area contributed by atoms with Crippen molar-refractivity contribution in [3.05, 3.63) is 59.5 Å². The molecule has 1 aromatic carbocycles. The van der Waals surface area contributed by atoms with Crippen molar-refractivity contribution >= 4 is 0 Å². The quantitative estimate of drug-likeness (QED) is 0.800. The van der Waals surface area contributed by atoms with E-state index in [9.17, 15) is 4.39 Å². The van der Waals surface area contributed by atoms with E-state index in [4.69, 9.17) is 4.74 Å². The van der Waals surface area contributed by atoms with Crippen LogP contribution in [0.5, 0.6) is 5.88 Å². The Bertz CT molecular complexity index is 496. The summed E-state index contributed by atoms with van der Waals surface area (Å²) in [7, 11) is 0. The normalized spacial score (nSPS) is 10.3. The Morgan fingerprint density at radius 2 is 1.83 bits per heavy atom. The molecule has 0 spiro atoms. The monoisotopic (exact) mass is 245 g/mol. The number of hydrogen-bond acceptors (Lipinski definition) is 2. The average Bonchev–Trinajstić information content (AvgIpc) is 2.38. The van der Waals surface area contributed by atoms with Crippen LogP contribution in [0.4, 0.5) is 4.39 Å². The SMILES string of the molecule is CCCc1ccc(COc2cc(F)ccn2)cc1. The number of ether oxygens (including phenoxy) is 1. The van der Waals surface area contributed by atoms with Crippen LogP contribution in [0.15, 0.2) is 42.6 Å². The topological polar surface area (TPSA) is 22.1 Å². The molecule has 1 aromatic heterocycles. The Kier molecular flexibility index (Phi) is 4.29. The summed E-state index contributed by atoms with van der Waals surface area (Å²) in [6.07, 6.45) is 3.63. The first kappa shape index (κ1) is 12.6. The number of rotatable bonds is 5. The molecule has 0 bridgehead atoms. The molecule has 0 fully saturated rings. The standard InChI is InChI=1S/C15H16FNO/c1-2-3-12-4-6-13(7-5-12)11-18-15-10-14(16)8-9-17-15/h4-10H,2-3,11H2,1H3. The lowest BCUT2D eigenvalue weighted by Gasteiger charge is -2.06. The van der Waals surface area contributed by atoms with Crippen molar-refractivity contribution in [1.29, 1.82) is 0 Å². The van der Waals surface area contributed by atoms with Crippen LogP contribution < -0.4 is 4.74 Å². The van der Waals surface area contributed by atoms with Gasteiger partial charge in [-0.15, -0.1) is 0 Å². The summed E-state index contributed by atoms with van der Waals surface area (Å²) in [5, 5.41) is 0. The number of nitrogens with zero attached hydrogens (tertiary/aromatic N) is 1. The lowest BCUT2D eigenvalue weighted by Crippen LogP contribution is -1.97. The van der Waals surface area contributed by atoms with E-state index in [0.29, 0.717) is 12.5 Å². The van der Waals surface area contributed by atoms with Gasteiger partial charge in [0.15, 0.2) is 0 Å². The number of pyridine rings is 1. The first-order valence-electron chi connectivity index (χ1n) is 6.10. The molecular weight excluding hydrogens is 229 g/mol. The minimum absolute atomic E-state index is 0.313. The van der Waals surface area contributed by atoms with Crippen LogP contribution in [-0.2, 0) is 13.0 Å². The van der Waals surface area contributed by atoms with Gasteiger partial charge in [0, 0.05) is 12.3 Å². The van der Waals surface area contributed by atoms with Crippen LogP contribution in [0.3, 0.4) is 0 Å². The number of halogens is 1. The molecule has 0 aliphatic rings. The highest BCUT2D eigenvalue weighted by Gasteiger charge is 1.99. The van der Waals surface area contributed by atoms with Gasteiger partial charge in [-0.1, -0.05) is 37.6 Å². The number of aromatic nitrogens is 1. The zero-order chi connectivity index (χ0) is 12.8. The number of hydrogen-bond donors (Lipinski definition) is 0. The second-order valence-corrected chi connectivity index (χ2v) is 4.17. The third-order valence-electron chi connectivity index (χ3n) is 2.65. The van der Waals surface area contributed by atoms with Crippen LogP contribution in [-0.4, -0.2) is 4.98 Å². The molecule has 0 saturated heterocycles. The Hall–Kier alpha value is -1.90. The summed E-state index contributed by atoms with van der Waals surface area (Å²) in [5.41, 5.74) is 2.38. The molecule has 94 valence electrons. The molecule has 0 N–H and O–H groups in total. The minimum atomic E-state index is -0.335. The van der Waals surface area contributed by atoms with Crippen LogP contribution in [0.1, 0.15) is 24.5 Å². The van der Waals surface area contributed by atoms with Gasteiger partial charge in [-0.25, -0.2) is 9.37 Å². The molecule has 1 heterocycles. The van der Waals surface area contributed by atoms with Crippen LogP contribution in [0.2, 0.25) is 0 Å². The third kappa shape index (κ3) is 3.55. The maximum Gasteiger partial charge on any atom is 0.216 e. The van der Waals surface area contributed by atoms with Crippen molar-refractivity contribution in [2.45, 2.75) is 26.4 Å². The van der Waals surface area contributed by atoms with Gasteiger partial charge in [0.2, 0.25) is 5.88 Å². The lowest BCUT2D eigenvalue weighted by molar-refractivity contribution is 0.292. The molecule has 2 rings (SSSR count). The van der Waals surface area contributed by atoms with Crippen molar-refractivity contribution in [2.75, 3.05) is 0 Å². The van der Waals surface area contributed by atoms with Crippen LogP contribution >= 0.6 is 0 Å². The van der Waals surface area contributed by atoms with Crippen molar-refractivity contribution in [1.82, 2.24) is 4.98 Å². The van der Waals surface area contributed by atoms with Gasteiger partial charge in [-0.2, -0.15) is 0 Å². The molecule has 0 aliphatic heterocycles. The second-order valence-electron chi connectivity index (χ2n) is 4.17. The molecular formula is C15H16FNO. The maximum atomic E-state index is 12.9. The summed E-state index contributed by atoms with van der Waals surface area (Å²) in [6, 6.07) is 10.8. The van der Waals surface area contributed by atoms with Crippen LogP contribution in [0, 0.1) is 5.82 Å². The predicted molar refractivity (Wildman–Crippen MR) is 69.0 cm³/mol. The average molecular weight is 245 g/mol. The highest BCUT2D eigenvalue weighted by molar-refractivity contribution is 5.22. The third-order valence-corrected chi connectivity index (χ3v) is 2.65. The Morgan fingerprint density at radius 1 is 1.11 bits per heavy atom. The van der Waals surface area contributed by atoms with E-state index in [1.165, 1.54) is 23.9 Å². The van der Waals surface area contributed by atoms with Gasteiger partial charge in [-0.3, -0.25) is 0 Å². The minimum Gasteiger partial charge on any atom is -0.473 e. The van der Waals surface area contributed by atoms with Crippen LogP contribution in [0.25, 0.3) is 0 Å². The highest BCUT2D eigenvalue weighted by Crippen LogP contribution is 2.12. The highest BCUT2D eigenvalue weighted by atomic mass is 19.1. The molecule has 0 radical (unpaired) electrons. The zero-order valence-electron chi connectivity index (χ0n) is 10.4. The fourth-order valence-electron chi connectivity index (χ4n) is 1.71. The van der Waals surface area contributed by atoms with Gasteiger partial charge >= 0.3 is 0 Å². The van der Waals surface area contributed by atoms with E-state index in [-0.39, 0.29) is 5.82 Å². The molecule has 2 nitrogen and oxygen atoms in total. The summed E-state index contributed by atoms with van der Waals surface area (Å²) in [4.78, 5) is 3.94.